The zero-order chi connectivity index (χ0) is 15.2. The molecule has 0 atom stereocenters. The van der Waals surface area contributed by atoms with E-state index in [4.69, 9.17) is 0 Å². The van der Waals surface area contributed by atoms with Crippen LogP contribution >= 0.6 is 11.8 Å². The molecular formula is C18H18N2S. The van der Waals surface area contributed by atoms with E-state index in [9.17, 15) is 5.26 Å². The fourth-order valence-electron chi connectivity index (χ4n) is 2.13. The van der Waals surface area contributed by atoms with Gasteiger partial charge in [-0.25, -0.2) is 0 Å². The van der Waals surface area contributed by atoms with Crippen molar-refractivity contribution >= 4 is 27.9 Å². The normalized spacial score (nSPS) is 11.5. The Labute approximate surface area is 130 Å². The first-order valence-electron chi connectivity index (χ1n) is 6.69. The molecule has 3 heteroatoms. The standard InChI is InChI=1S/C18H18N2S/c1-20(2)16-11-9-15(10-12-16)18(21-3)17(13-19)14-7-5-4-6-8-14/h4-12H,1-3H3/b18-17-. The average molecular weight is 294 g/mol. The predicted octanol–water partition coefficient (Wildman–Crippen LogP) is 4.51. The molecule has 0 spiro atoms. The summed E-state index contributed by atoms with van der Waals surface area (Å²) in [6.07, 6.45) is 2.01. The second-order valence-corrected chi connectivity index (χ2v) is 5.64. The Kier molecular flexibility index (Phi) is 5.08. The minimum atomic E-state index is 0.723. The van der Waals surface area contributed by atoms with Crippen LogP contribution in [0.3, 0.4) is 0 Å². The van der Waals surface area contributed by atoms with Crippen molar-refractivity contribution in [1.82, 2.24) is 0 Å². The van der Waals surface area contributed by atoms with Crippen LogP contribution in [0, 0.1) is 11.3 Å². The topological polar surface area (TPSA) is 27.0 Å². The molecule has 0 aliphatic rings. The van der Waals surface area contributed by atoms with Crippen LogP contribution < -0.4 is 4.90 Å². The lowest BCUT2D eigenvalue weighted by Gasteiger charge is -2.14. The molecule has 2 aromatic carbocycles. The van der Waals surface area contributed by atoms with Crippen LogP contribution in [0.4, 0.5) is 5.69 Å². The minimum absolute atomic E-state index is 0.723. The van der Waals surface area contributed by atoms with E-state index in [1.165, 1.54) is 0 Å². The Bertz CT molecular complexity index is 665. The predicted molar refractivity (Wildman–Crippen MR) is 93.2 cm³/mol. The summed E-state index contributed by atoms with van der Waals surface area (Å²) >= 11 is 1.61. The molecule has 106 valence electrons. The molecule has 0 saturated carbocycles. The molecule has 0 aromatic heterocycles. The number of allylic oxidation sites excluding steroid dienone is 1. The summed E-state index contributed by atoms with van der Waals surface area (Å²) in [5, 5.41) is 9.56. The Morgan fingerprint density at radius 2 is 1.57 bits per heavy atom. The van der Waals surface area contributed by atoms with E-state index in [1.54, 1.807) is 11.8 Å². The molecule has 2 rings (SSSR count). The maximum Gasteiger partial charge on any atom is 0.101 e. The molecular weight excluding hydrogens is 276 g/mol. The summed E-state index contributed by atoms with van der Waals surface area (Å²) < 4.78 is 0. The molecule has 0 heterocycles. The van der Waals surface area contributed by atoms with Gasteiger partial charge in [0.2, 0.25) is 0 Å². The Hall–Kier alpha value is -2.18. The van der Waals surface area contributed by atoms with Crippen molar-refractivity contribution in [2.75, 3.05) is 25.3 Å². The third-order valence-electron chi connectivity index (χ3n) is 3.25. The summed E-state index contributed by atoms with van der Waals surface area (Å²) in [4.78, 5) is 3.07. The first-order chi connectivity index (χ1) is 10.2. The van der Waals surface area contributed by atoms with E-state index < -0.39 is 0 Å². The van der Waals surface area contributed by atoms with Gasteiger partial charge in [-0.05, 0) is 29.5 Å². The summed E-state index contributed by atoms with van der Waals surface area (Å²) in [7, 11) is 4.04. The number of nitriles is 1. The summed E-state index contributed by atoms with van der Waals surface area (Å²) in [5.74, 6) is 0. The Balaban J connectivity index is 2.51. The van der Waals surface area contributed by atoms with Gasteiger partial charge in [0.25, 0.3) is 0 Å². The highest BCUT2D eigenvalue weighted by atomic mass is 32.2. The van der Waals surface area contributed by atoms with E-state index >= 15 is 0 Å². The van der Waals surface area contributed by atoms with Crippen LogP contribution in [-0.4, -0.2) is 20.4 Å². The number of benzene rings is 2. The van der Waals surface area contributed by atoms with E-state index in [1.807, 2.05) is 50.7 Å². The van der Waals surface area contributed by atoms with E-state index in [-0.39, 0.29) is 0 Å². The SMILES string of the molecule is CS/C(=C(/C#N)c1ccccc1)c1ccc(N(C)C)cc1. The molecule has 2 aromatic rings. The molecule has 2 nitrogen and oxygen atoms in total. The minimum Gasteiger partial charge on any atom is -0.378 e. The van der Waals surface area contributed by atoms with Gasteiger partial charge in [-0.1, -0.05) is 42.5 Å². The number of anilines is 1. The highest BCUT2D eigenvalue weighted by Crippen LogP contribution is 2.34. The quantitative estimate of drug-likeness (QED) is 0.613. The van der Waals surface area contributed by atoms with Gasteiger partial charge in [-0.15, -0.1) is 11.8 Å². The van der Waals surface area contributed by atoms with E-state index in [2.05, 4.69) is 35.2 Å². The van der Waals surface area contributed by atoms with Gasteiger partial charge in [-0.3, -0.25) is 0 Å². The molecule has 0 radical (unpaired) electrons. The monoisotopic (exact) mass is 294 g/mol. The number of rotatable bonds is 4. The van der Waals surface area contributed by atoms with Crippen molar-refractivity contribution in [1.29, 1.82) is 5.26 Å². The third kappa shape index (κ3) is 3.48. The molecule has 0 amide bonds. The van der Waals surface area contributed by atoms with Crippen LogP contribution in [0.2, 0.25) is 0 Å². The van der Waals surface area contributed by atoms with Crippen molar-refractivity contribution in [2.24, 2.45) is 0 Å². The maximum atomic E-state index is 9.56. The van der Waals surface area contributed by atoms with Gasteiger partial charge >= 0.3 is 0 Å². The third-order valence-corrected chi connectivity index (χ3v) is 4.10. The van der Waals surface area contributed by atoms with Crippen LogP contribution in [0.25, 0.3) is 10.5 Å². The van der Waals surface area contributed by atoms with Gasteiger partial charge in [0, 0.05) is 24.7 Å². The fourth-order valence-corrected chi connectivity index (χ4v) is 2.87. The highest BCUT2D eigenvalue weighted by Gasteiger charge is 2.10. The molecule has 0 N–H and O–H groups in total. The summed E-state index contributed by atoms with van der Waals surface area (Å²) in [6.45, 7) is 0. The molecule has 0 aliphatic heterocycles. The lowest BCUT2D eigenvalue weighted by molar-refractivity contribution is 1.13. The van der Waals surface area contributed by atoms with Crippen molar-refractivity contribution in [3.63, 3.8) is 0 Å². The van der Waals surface area contributed by atoms with E-state index in [0.717, 1.165) is 27.3 Å². The van der Waals surface area contributed by atoms with Crippen LogP contribution in [0.1, 0.15) is 11.1 Å². The highest BCUT2D eigenvalue weighted by molar-refractivity contribution is 8.08. The number of hydrogen-bond acceptors (Lipinski definition) is 3. The molecule has 0 aliphatic carbocycles. The largest absolute Gasteiger partial charge is 0.378 e. The van der Waals surface area contributed by atoms with Crippen LogP contribution in [0.5, 0.6) is 0 Å². The zero-order valence-electron chi connectivity index (χ0n) is 12.5. The first kappa shape index (κ1) is 15.2. The molecule has 0 bridgehead atoms. The van der Waals surface area contributed by atoms with Crippen molar-refractivity contribution in [3.05, 3.63) is 65.7 Å². The number of nitrogens with zero attached hydrogens (tertiary/aromatic N) is 2. The first-order valence-corrected chi connectivity index (χ1v) is 7.91. The van der Waals surface area contributed by atoms with Crippen molar-refractivity contribution in [2.45, 2.75) is 0 Å². The Morgan fingerprint density at radius 1 is 0.952 bits per heavy atom. The fraction of sp³-hybridized carbons (Fsp3) is 0.167. The zero-order valence-corrected chi connectivity index (χ0v) is 13.3. The average Bonchev–Trinajstić information content (AvgIpc) is 2.53. The molecule has 0 unspecified atom stereocenters. The summed E-state index contributed by atoms with van der Waals surface area (Å²) in [6, 6.07) is 20.5. The lowest BCUT2D eigenvalue weighted by Crippen LogP contribution is -2.08. The second kappa shape index (κ2) is 7.01. The van der Waals surface area contributed by atoms with Crippen LogP contribution in [-0.2, 0) is 0 Å². The lowest BCUT2D eigenvalue weighted by atomic mass is 10.0. The molecule has 0 saturated heterocycles. The van der Waals surface area contributed by atoms with Crippen LogP contribution in [0.15, 0.2) is 54.6 Å². The Morgan fingerprint density at radius 3 is 2.05 bits per heavy atom. The van der Waals surface area contributed by atoms with E-state index in [0.29, 0.717) is 0 Å². The second-order valence-electron chi connectivity index (χ2n) is 4.83. The smallest absolute Gasteiger partial charge is 0.101 e. The summed E-state index contributed by atoms with van der Waals surface area (Å²) in [5.41, 5.74) is 3.91. The molecule has 21 heavy (non-hydrogen) atoms. The number of thioether (sulfide) groups is 1. The van der Waals surface area contributed by atoms with Gasteiger partial charge in [0.15, 0.2) is 0 Å². The maximum absolute atomic E-state index is 9.56. The van der Waals surface area contributed by atoms with Gasteiger partial charge < -0.3 is 4.90 Å². The van der Waals surface area contributed by atoms with Gasteiger partial charge in [0.1, 0.15) is 6.07 Å². The van der Waals surface area contributed by atoms with Crippen molar-refractivity contribution < 1.29 is 0 Å². The van der Waals surface area contributed by atoms with Crippen molar-refractivity contribution in [3.8, 4) is 6.07 Å². The number of hydrogen-bond donors (Lipinski definition) is 0. The van der Waals surface area contributed by atoms with Gasteiger partial charge in [-0.2, -0.15) is 5.26 Å². The van der Waals surface area contributed by atoms with Gasteiger partial charge in [0.05, 0.1) is 5.57 Å². The molecule has 0 fully saturated rings.